The minimum atomic E-state index is -1.89. The van der Waals surface area contributed by atoms with Gasteiger partial charge in [-0.1, -0.05) is 35.9 Å². The number of carbonyl (C=O) groups is 2. The Balaban J connectivity index is 1.28. The number of rotatable bonds is 26. The van der Waals surface area contributed by atoms with Gasteiger partial charge in [-0.15, -0.1) is 0 Å². The van der Waals surface area contributed by atoms with Gasteiger partial charge in [-0.3, -0.25) is 24.8 Å². The summed E-state index contributed by atoms with van der Waals surface area (Å²) in [6, 6.07) is 10.4. The van der Waals surface area contributed by atoms with Crippen molar-refractivity contribution in [2.45, 2.75) is 126 Å². The molecule has 21 nitrogen and oxygen atoms in total. The number of aliphatic hydroxyl groups excluding tert-OH is 10. The van der Waals surface area contributed by atoms with Crippen LogP contribution in [0, 0.1) is 6.92 Å². The lowest BCUT2D eigenvalue weighted by Crippen LogP contribution is -2.53. The van der Waals surface area contributed by atoms with Crippen LogP contribution in [0.1, 0.15) is 76.1 Å². The van der Waals surface area contributed by atoms with E-state index in [0.717, 1.165) is 56.1 Å². The van der Waals surface area contributed by atoms with Crippen LogP contribution in [0.15, 0.2) is 41.4 Å². The highest BCUT2D eigenvalue weighted by atomic mass is 35.5. The van der Waals surface area contributed by atoms with E-state index in [1.807, 2.05) is 12.1 Å². The van der Waals surface area contributed by atoms with Crippen molar-refractivity contribution in [1.29, 1.82) is 0 Å². The molecule has 0 saturated carbocycles. The van der Waals surface area contributed by atoms with Gasteiger partial charge in [0.05, 0.1) is 37.2 Å². The topological polar surface area (TPSA) is 380 Å². The van der Waals surface area contributed by atoms with Crippen molar-refractivity contribution in [3.8, 4) is 0 Å². The van der Waals surface area contributed by atoms with Gasteiger partial charge in [0, 0.05) is 25.3 Å². The number of nitrogens with zero attached hydrogens (tertiary/aromatic N) is 4. The number of amides is 2. The van der Waals surface area contributed by atoms with Gasteiger partial charge in [0.15, 0.2) is 22.6 Å². The van der Waals surface area contributed by atoms with Crippen LogP contribution in [-0.4, -0.2) is 178 Å². The van der Waals surface area contributed by atoms with Crippen LogP contribution in [0.4, 0.5) is 11.5 Å². The number of carbonyl (C=O) groups excluding carboxylic acids is 2. The Bertz CT molecular complexity index is 2060. The van der Waals surface area contributed by atoms with Gasteiger partial charge in [0.25, 0.3) is 5.91 Å². The van der Waals surface area contributed by atoms with Gasteiger partial charge in [-0.2, -0.15) is 0 Å². The number of halogens is 1. The lowest BCUT2D eigenvalue weighted by Gasteiger charge is -2.33. The fourth-order valence-corrected chi connectivity index (χ4v) is 8.05. The third kappa shape index (κ3) is 16.3. The molecule has 0 fully saturated rings. The van der Waals surface area contributed by atoms with Crippen LogP contribution in [0.3, 0.4) is 0 Å². The zero-order valence-electron chi connectivity index (χ0n) is 37.7. The number of hydrogen-bond donors (Lipinski definition) is 15. The zero-order chi connectivity index (χ0) is 49.4. The molecule has 67 heavy (non-hydrogen) atoms. The van der Waals surface area contributed by atoms with Gasteiger partial charge in [-0.25, -0.2) is 9.97 Å². The number of anilines is 2. The van der Waals surface area contributed by atoms with Gasteiger partial charge >= 0.3 is 0 Å². The fourth-order valence-electron chi connectivity index (χ4n) is 7.92. The molecule has 0 spiro atoms. The van der Waals surface area contributed by atoms with Crippen LogP contribution >= 0.6 is 11.6 Å². The molecule has 18 N–H and O–H groups in total. The number of aliphatic imine (C=N–C) groups is 1. The van der Waals surface area contributed by atoms with E-state index in [4.69, 9.17) is 39.0 Å². The number of nitrogens with two attached hydrogens (primary N) is 3. The van der Waals surface area contributed by atoms with Crippen molar-refractivity contribution in [2.75, 3.05) is 50.4 Å². The van der Waals surface area contributed by atoms with E-state index in [1.165, 1.54) is 21.6 Å². The molecule has 2 aromatic carbocycles. The van der Waals surface area contributed by atoms with E-state index in [2.05, 4.69) is 37.7 Å². The molecule has 372 valence electrons. The standard InChI is InChI=1S/C45H68ClN9O12/c1-24-41(46)53-36(42(48)51-24)44(67)54-45(49)50-17-5-4-8-26-13-14-27(30-10-3-2-9-29(26)30)19-31(47)43(66)52-28-15-11-25(12-16-28)7-6-18-55(20-32(58)37(62)39(64)34(60)22-56)21-33(59)38(63)40(65)35(61)23-57/h11-16,31-35,37-40,56-65H,2-10,17-23,47H2,1H3,(H2,48,51)(H,52,66)(H3,49,50,54,67). The Hall–Kier alpha value is -4.46. The maximum atomic E-state index is 13.3. The SMILES string of the molecule is Cc1nc(N)c(C(=O)NC(N)=NCCCCc2ccc(CC(N)C(=O)Nc3ccc(CCCN(CC(O)C(O)C(O)C(O)CO)CC(O)C(O)C(O)C(O)CO)cc3)c3c2CCCC3)nc1Cl. The third-order valence-electron chi connectivity index (χ3n) is 11.8. The number of aryl methyl sites for hydroxylation is 3. The first-order valence-corrected chi connectivity index (χ1v) is 22.8. The average Bonchev–Trinajstić information content (AvgIpc) is 3.31. The molecule has 0 radical (unpaired) electrons. The quantitative estimate of drug-likeness (QED) is 0.0226. The number of guanidine groups is 1. The monoisotopic (exact) mass is 961 g/mol. The lowest BCUT2D eigenvalue weighted by molar-refractivity contribution is -0.130. The zero-order valence-corrected chi connectivity index (χ0v) is 38.4. The highest BCUT2D eigenvalue weighted by molar-refractivity contribution is 6.30. The van der Waals surface area contributed by atoms with Gasteiger partial charge < -0.3 is 73.6 Å². The number of benzene rings is 2. The van der Waals surface area contributed by atoms with Crippen LogP contribution in [0.2, 0.25) is 5.15 Å². The molecule has 1 aliphatic carbocycles. The summed E-state index contributed by atoms with van der Waals surface area (Å²) in [6.07, 6.45) is -6.77. The maximum Gasteiger partial charge on any atom is 0.280 e. The molecular formula is C45H68ClN9O12. The first-order chi connectivity index (χ1) is 31.8. The van der Waals surface area contributed by atoms with E-state index >= 15 is 0 Å². The first-order valence-electron chi connectivity index (χ1n) is 22.4. The normalized spacial score (nSPS) is 17.1. The number of nitrogen functional groups attached to an aromatic ring is 1. The third-order valence-corrected chi connectivity index (χ3v) is 12.2. The summed E-state index contributed by atoms with van der Waals surface area (Å²) < 4.78 is 0. The maximum absolute atomic E-state index is 13.3. The number of unbranched alkanes of at least 4 members (excludes halogenated alkanes) is 1. The Morgan fingerprint density at radius 1 is 0.776 bits per heavy atom. The average molecular weight is 963 g/mol. The van der Waals surface area contributed by atoms with Crippen molar-refractivity contribution in [1.82, 2.24) is 20.2 Å². The predicted molar refractivity (Wildman–Crippen MR) is 250 cm³/mol. The summed E-state index contributed by atoms with van der Waals surface area (Å²) in [5.74, 6) is -1.13. The molecule has 1 heterocycles. The Kier molecular flexibility index (Phi) is 22.2. The van der Waals surface area contributed by atoms with Crippen molar-refractivity contribution in [3.05, 3.63) is 80.8 Å². The molecular weight excluding hydrogens is 894 g/mol. The molecule has 22 heteroatoms. The molecule has 9 unspecified atom stereocenters. The van der Waals surface area contributed by atoms with E-state index < -0.39 is 74.0 Å². The molecule has 4 rings (SSSR count). The highest BCUT2D eigenvalue weighted by Crippen LogP contribution is 2.30. The number of aromatic nitrogens is 2. The van der Waals surface area contributed by atoms with Crippen LogP contribution in [-0.2, 0) is 36.9 Å². The second-order valence-corrected chi connectivity index (χ2v) is 17.4. The second-order valence-electron chi connectivity index (χ2n) is 17.0. The van der Waals surface area contributed by atoms with Crippen molar-refractivity contribution in [3.63, 3.8) is 0 Å². The van der Waals surface area contributed by atoms with Crippen LogP contribution in [0.25, 0.3) is 0 Å². The number of fused-ring (bicyclic) bond motifs is 1. The molecule has 0 saturated heterocycles. The highest BCUT2D eigenvalue weighted by Gasteiger charge is 2.34. The Labute approximate surface area is 394 Å². The van der Waals surface area contributed by atoms with Crippen LogP contribution in [0.5, 0.6) is 0 Å². The minimum absolute atomic E-state index is 0.0645. The Morgan fingerprint density at radius 2 is 1.33 bits per heavy atom. The smallest absolute Gasteiger partial charge is 0.280 e. The number of hydrogen-bond acceptors (Lipinski definition) is 18. The number of nitrogens with one attached hydrogen (secondary N) is 2. The summed E-state index contributed by atoms with van der Waals surface area (Å²) >= 11 is 5.99. The van der Waals surface area contributed by atoms with Gasteiger partial charge in [0.2, 0.25) is 5.91 Å². The molecule has 2 amide bonds. The molecule has 0 aliphatic heterocycles. The molecule has 1 aliphatic rings. The van der Waals surface area contributed by atoms with Crippen molar-refractivity contribution >= 4 is 40.9 Å². The minimum Gasteiger partial charge on any atom is -0.394 e. The summed E-state index contributed by atoms with van der Waals surface area (Å²) in [6.45, 7) is -0.293. The van der Waals surface area contributed by atoms with Crippen molar-refractivity contribution in [2.24, 2.45) is 16.5 Å². The summed E-state index contributed by atoms with van der Waals surface area (Å²) in [5.41, 5.74) is 24.7. The molecule has 9 atom stereocenters. The van der Waals surface area contributed by atoms with Crippen molar-refractivity contribution < 1.29 is 60.7 Å². The van der Waals surface area contributed by atoms with E-state index in [-0.39, 0.29) is 48.2 Å². The first kappa shape index (κ1) is 55.1. The molecule has 3 aromatic rings. The Morgan fingerprint density at radius 3 is 1.91 bits per heavy atom. The van der Waals surface area contributed by atoms with Gasteiger partial charge in [0.1, 0.15) is 36.6 Å². The predicted octanol–water partition coefficient (Wildman–Crippen LogP) is -2.42. The second kappa shape index (κ2) is 26.9. The fraction of sp³-hybridized carbons (Fsp3) is 0.578. The van der Waals surface area contributed by atoms with E-state index in [0.29, 0.717) is 37.2 Å². The van der Waals surface area contributed by atoms with E-state index in [9.17, 15) is 50.4 Å². The summed E-state index contributed by atoms with van der Waals surface area (Å²) in [7, 11) is 0. The largest absolute Gasteiger partial charge is 0.394 e. The van der Waals surface area contributed by atoms with E-state index in [1.54, 1.807) is 19.1 Å². The summed E-state index contributed by atoms with van der Waals surface area (Å²) in [4.78, 5) is 39.6. The molecule has 1 aromatic heterocycles. The van der Waals surface area contributed by atoms with Gasteiger partial charge in [-0.05, 0) is 118 Å². The molecule has 0 bridgehead atoms. The number of aliphatic hydroxyl groups is 10. The summed E-state index contributed by atoms with van der Waals surface area (Å²) in [5, 5.41) is 105. The lowest BCUT2D eigenvalue weighted by atomic mass is 9.82. The van der Waals surface area contributed by atoms with Crippen LogP contribution < -0.4 is 27.8 Å².